The molecule has 3 rings (SSSR count). The number of benzene rings is 2. The molecule has 0 aromatic heterocycles. The van der Waals surface area contributed by atoms with Crippen molar-refractivity contribution in [1.82, 2.24) is 0 Å². The van der Waals surface area contributed by atoms with Crippen molar-refractivity contribution < 1.29 is 9.59 Å². The van der Waals surface area contributed by atoms with Crippen LogP contribution in [0.3, 0.4) is 0 Å². The van der Waals surface area contributed by atoms with Crippen LogP contribution in [0.1, 0.15) is 18.9 Å². The highest BCUT2D eigenvalue weighted by Gasteiger charge is 2.40. The zero-order chi connectivity index (χ0) is 22.4. The molecule has 0 radical (unpaired) electrons. The highest BCUT2D eigenvalue weighted by Crippen LogP contribution is 2.29. The normalized spacial score (nSPS) is 17.6. The summed E-state index contributed by atoms with van der Waals surface area (Å²) >= 11 is 1.06. The number of anilines is 2. The van der Waals surface area contributed by atoms with Crippen LogP contribution < -0.4 is 15.5 Å². The number of rotatable bonds is 6. The predicted octanol–water partition coefficient (Wildman–Crippen LogP) is 3.52. The largest absolute Gasteiger partial charge is 0.378 e. The van der Waals surface area contributed by atoms with E-state index in [0.29, 0.717) is 11.4 Å². The van der Waals surface area contributed by atoms with Crippen LogP contribution in [-0.4, -0.2) is 42.0 Å². The molecule has 8 heteroatoms. The summed E-state index contributed by atoms with van der Waals surface area (Å²) in [7, 11) is 3.99. The number of para-hydroxylation sites is 1. The second-order valence-electron chi connectivity index (χ2n) is 7.21. The number of hydrogen-bond donors (Lipinski definition) is 1. The summed E-state index contributed by atoms with van der Waals surface area (Å²) in [6.45, 7) is 1.81. The average Bonchev–Trinajstić information content (AvgIpc) is 3.04. The highest BCUT2D eigenvalue weighted by atomic mass is 32.2. The molecule has 1 aliphatic rings. The fraction of sp³-hybridized carbons (Fsp3) is 0.217. The first-order valence-corrected chi connectivity index (χ1v) is 10.6. The maximum absolute atomic E-state index is 12.6. The van der Waals surface area contributed by atoms with E-state index in [1.54, 1.807) is 24.3 Å². The molecule has 1 heterocycles. The number of thioether (sulfide) groups is 1. The minimum Gasteiger partial charge on any atom is -0.378 e. The molecule has 0 bridgehead atoms. The van der Waals surface area contributed by atoms with Crippen LogP contribution in [0.2, 0.25) is 0 Å². The summed E-state index contributed by atoms with van der Waals surface area (Å²) in [4.78, 5) is 28.2. The summed E-state index contributed by atoms with van der Waals surface area (Å²) in [6, 6.07) is 17.0. The van der Waals surface area contributed by atoms with E-state index >= 15 is 0 Å². The Morgan fingerprint density at radius 1 is 1.10 bits per heavy atom. The molecule has 1 aliphatic heterocycles. The second kappa shape index (κ2) is 10.1. The van der Waals surface area contributed by atoms with E-state index in [1.807, 2.05) is 68.4 Å². The average molecular weight is 436 g/mol. The lowest BCUT2D eigenvalue weighted by molar-refractivity contribution is -0.121. The molecule has 1 atom stereocenters. The van der Waals surface area contributed by atoms with Gasteiger partial charge in [0.1, 0.15) is 5.25 Å². The summed E-state index contributed by atoms with van der Waals surface area (Å²) in [5.41, 5.74) is 9.34. The minimum absolute atomic E-state index is 0.0835. The van der Waals surface area contributed by atoms with Crippen LogP contribution in [0, 0.1) is 0 Å². The summed E-state index contributed by atoms with van der Waals surface area (Å²) in [5, 5.41) is 7.65. The van der Waals surface area contributed by atoms with Crippen molar-refractivity contribution in [3.05, 3.63) is 66.2 Å². The van der Waals surface area contributed by atoms with E-state index in [0.717, 1.165) is 23.0 Å². The van der Waals surface area contributed by atoms with Crippen molar-refractivity contribution in [3.63, 3.8) is 0 Å². The monoisotopic (exact) mass is 435 g/mol. The summed E-state index contributed by atoms with van der Waals surface area (Å²) < 4.78 is 0. The number of amidine groups is 1. The third kappa shape index (κ3) is 5.82. The number of imide groups is 1. The molecule has 1 saturated heterocycles. The second-order valence-corrected chi connectivity index (χ2v) is 8.44. The van der Waals surface area contributed by atoms with E-state index in [-0.39, 0.29) is 23.4 Å². The Morgan fingerprint density at radius 2 is 1.77 bits per heavy atom. The summed E-state index contributed by atoms with van der Waals surface area (Å²) in [6.07, 6.45) is 3.86. The lowest BCUT2D eigenvalue weighted by Gasteiger charge is -2.14. The first-order chi connectivity index (χ1) is 14.8. The van der Waals surface area contributed by atoms with Crippen LogP contribution in [-0.2, 0) is 9.59 Å². The van der Waals surface area contributed by atoms with Gasteiger partial charge in [-0.1, -0.05) is 48.2 Å². The molecule has 0 aliphatic carbocycles. The van der Waals surface area contributed by atoms with Gasteiger partial charge < -0.3 is 10.6 Å². The SMILES string of the molecule is CC(C=Cc1ccc(N(C)C)cc1)=NN=C(N)SC1CC(=O)N(c2ccccc2)C1=O. The molecule has 0 spiro atoms. The van der Waals surface area contributed by atoms with Gasteiger partial charge in [-0.2, -0.15) is 5.10 Å². The Labute approximate surface area is 186 Å². The molecule has 1 fully saturated rings. The van der Waals surface area contributed by atoms with E-state index < -0.39 is 5.25 Å². The molecule has 1 unspecified atom stereocenters. The topological polar surface area (TPSA) is 91.4 Å². The van der Waals surface area contributed by atoms with E-state index in [4.69, 9.17) is 5.73 Å². The number of carbonyl (C=O) groups excluding carboxylic acids is 2. The number of nitrogens with two attached hydrogens (primary N) is 1. The van der Waals surface area contributed by atoms with Crippen molar-refractivity contribution in [2.75, 3.05) is 23.9 Å². The number of nitrogens with zero attached hydrogens (tertiary/aromatic N) is 4. The van der Waals surface area contributed by atoms with Crippen LogP contribution >= 0.6 is 11.8 Å². The third-order valence-electron chi connectivity index (χ3n) is 4.62. The molecule has 2 aromatic carbocycles. The first kappa shape index (κ1) is 22.3. The van der Waals surface area contributed by atoms with Gasteiger partial charge in [-0.25, -0.2) is 4.90 Å². The zero-order valence-corrected chi connectivity index (χ0v) is 18.5. The van der Waals surface area contributed by atoms with Gasteiger partial charge in [-0.15, -0.1) is 5.10 Å². The van der Waals surface area contributed by atoms with Crippen molar-refractivity contribution >= 4 is 51.9 Å². The maximum atomic E-state index is 12.6. The van der Waals surface area contributed by atoms with Crippen LogP contribution in [0.25, 0.3) is 6.08 Å². The van der Waals surface area contributed by atoms with Gasteiger partial charge in [0.15, 0.2) is 5.17 Å². The lowest BCUT2D eigenvalue weighted by atomic mass is 10.2. The fourth-order valence-corrected chi connectivity index (χ4v) is 3.79. The molecule has 31 heavy (non-hydrogen) atoms. The van der Waals surface area contributed by atoms with Gasteiger partial charge in [0.2, 0.25) is 11.8 Å². The van der Waals surface area contributed by atoms with Gasteiger partial charge in [0, 0.05) is 26.2 Å². The van der Waals surface area contributed by atoms with Crippen LogP contribution in [0.5, 0.6) is 0 Å². The highest BCUT2D eigenvalue weighted by molar-refractivity contribution is 8.14. The Kier molecular flexibility index (Phi) is 7.25. The molecule has 2 N–H and O–H groups in total. The zero-order valence-electron chi connectivity index (χ0n) is 17.7. The van der Waals surface area contributed by atoms with Gasteiger partial charge in [-0.05, 0) is 42.8 Å². The first-order valence-electron chi connectivity index (χ1n) is 9.77. The van der Waals surface area contributed by atoms with Crippen molar-refractivity contribution in [1.29, 1.82) is 0 Å². The van der Waals surface area contributed by atoms with E-state index in [9.17, 15) is 9.59 Å². The molecular weight excluding hydrogens is 410 g/mol. The number of carbonyl (C=O) groups is 2. The Bertz CT molecular complexity index is 1030. The molecule has 7 nitrogen and oxygen atoms in total. The molecule has 2 amide bonds. The van der Waals surface area contributed by atoms with Crippen molar-refractivity contribution in [2.24, 2.45) is 15.9 Å². The van der Waals surface area contributed by atoms with Gasteiger partial charge in [0.25, 0.3) is 0 Å². The number of allylic oxidation sites excluding steroid dienone is 1. The number of hydrogen-bond acceptors (Lipinski definition) is 6. The van der Waals surface area contributed by atoms with E-state index in [2.05, 4.69) is 10.2 Å². The molecule has 0 saturated carbocycles. The van der Waals surface area contributed by atoms with Crippen LogP contribution in [0.4, 0.5) is 11.4 Å². The lowest BCUT2D eigenvalue weighted by Crippen LogP contribution is -2.31. The van der Waals surface area contributed by atoms with Gasteiger partial charge >= 0.3 is 0 Å². The fourth-order valence-electron chi connectivity index (χ4n) is 2.98. The maximum Gasteiger partial charge on any atom is 0.247 e. The Balaban J connectivity index is 1.60. The molecule has 160 valence electrons. The molecule has 2 aromatic rings. The summed E-state index contributed by atoms with van der Waals surface area (Å²) in [5.74, 6) is -0.537. The van der Waals surface area contributed by atoms with Crippen LogP contribution in [0.15, 0.2) is 70.9 Å². The minimum atomic E-state index is -0.599. The standard InChI is InChI=1S/C23H25N5O2S/c1-16(9-10-17-11-13-18(14-12-17)27(2)3)25-26-23(24)31-20-15-21(29)28(22(20)30)19-7-5-4-6-8-19/h4-14,20H,15H2,1-3H3,(H2,24,26). The van der Waals surface area contributed by atoms with Crippen molar-refractivity contribution in [3.8, 4) is 0 Å². The van der Waals surface area contributed by atoms with Gasteiger partial charge in [0.05, 0.1) is 11.4 Å². The van der Waals surface area contributed by atoms with Crippen molar-refractivity contribution in [2.45, 2.75) is 18.6 Å². The smallest absolute Gasteiger partial charge is 0.247 e. The quantitative estimate of drug-likeness (QED) is 0.324. The molecular formula is C23H25N5O2S. The Hall–Kier alpha value is -3.39. The predicted molar refractivity (Wildman–Crippen MR) is 129 cm³/mol. The number of amides is 2. The Morgan fingerprint density at radius 3 is 2.42 bits per heavy atom. The van der Waals surface area contributed by atoms with E-state index in [1.165, 1.54) is 4.90 Å². The van der Waals surface area contributed by atoms with Gasteiger partial charge in [-0.3, -0.25) is 9.59 Å². The third-order valence-corrected chi connectivity index (χ3v) is 5.59.